The molecule has 0 aliphatic heterocycles. The Kier molecular flexibility index (Phi) is 5.55. The minimum Gasteiger partial charge on any atom is -0.344 e. The fourth-order valence-corrected chi connectivity index (χ4v) is 4.13. The second kappa shape index (κ2) is 8.95. The first-order valence-corrected chi connectivity index (χ1v) is 10.9. The third-order valence-corrected chi connectivity index (χ3v) is 5.91. The molecule has 5 aromatic rings. The van der Waals surface area contributed by atoms with Gasteiger partial charge < -0.3 is 4.90 Å². The molecule has 0 aliphatic carbocycles. The monoisotopic (exact) mass is 411 g/mol. The van der Waals surface area contributed by atoms with Gasteiger partial charge in [-0.3, -0.25) is 0 Å². The highest BCUT2D eigenvalue weighted by Gasteiger charge is 2.13. The fraction of sp³-hybridized carbons (Fsp3) is 0.0323. The second-order valence-electron chi connectivity index (χ2n) is 7.94. The molecule has 0 aromatic heterocycles. The Hall–Kier alpha value is -4.10. The minimum absolute atomic E-state index is 1.16. The van der Waals surface area contributed by atoms with Crippen molar-refractivity contribution in [3.8, 4) is 33.4 Å². The van der Waals surface area contributed by atoms with E-state index in [0.717, 1.165) is 5.69 Å². The zero-order valence-electron chi connectivity index (χ0n) is 18.1. The highest BCUT2D eigenvalue weighted by molar-refractivity contribution is 5.86. The van der Waals surface area contributed by atoms with Crippen molar-refractivity contribution >= 4 is 11.4 Å². The maximum Gasteiger partial charge on any atom is 0.0488 e. The second-order valence-corrected chi connectivity index (χ2v) is 7.94. The molecule has 0 atom stereocenters. The molecule has 1 heteroatoms. The van der Waals surface area contributed by atoms with Crippen molar-refractivity contribution < 1.29 is 0 Å². The van der Waals surface area contributed by atoms with Crippen LogP contribution in [0.5, 0.6) is 0 Å². The average Bonchev–Trinajstić information content (AvgIpc) is 2.89. The summed E-state index contributed by atoms with van der Waals surface area (Å²) in [4.78, 5) is 2.27. The summed E-state index contributed by atoms with van der Waals surface area (Å²) in [6.07, 6.45) is 0. The van der Waals surface area contributed by atoms with Crippen LogP contribution in [0, 0.1) is 0 Å². The SMILES string of the molecule is CN(c1ccc(-c2ccccc2)cc1)c1ccc(-c2ccccc2)cc1-c1ccccc1. The van der Waals surface area contributed by atoms with Crippen LogP contribution in [0.4, 0.5) is 11.4 Å². The lowest BCUT2D eigenvalue weighted by Crippen LogP contribution is -2.10. The van der Waals surface area contributed by atoms with Gasteiger partial charge in [0.15, 0.2) is 0 Å². The summed E-state index contributed by atoms with van der Waals surface area (Å²) in [5.74, 6) is 0. The van der Waals surface area contributed by atoms with Crippen molar-refractivity contribution in [2.75, 3.05) is 11.9 Å². The zero-order valence-corrected chi connectivity index (χ0v) is 18.1. The van der Waals surface area contributed by atoms with Crippen LogP contribution in [0.1, 0.15) is 0 Å². The first-order chi connectivity index (χ1) is 15.8. The van der Waals surface area contributed by atoms with E-state index in [9.17, 15) is 0 Å². The first kappa shape index (κ1) is 19.8. The van der Waals surface area contributed by atoms with Crippen LogP contribution in [0.25, 0.3) is 33.4 Å². The molecule has 0 radical (unpaired) electrons. The largest absolute Gasteiger partial charge is 0.344 e. The summed E-state index contributed by atoms with van der Waals surface area (Å²) in [7, 11) is 2.14. The Morgan fingerprint density at radius 2 is 0.844 bits per heavy atom. The van der Waals surface area contributed by atoms with Crippen LogP contribution >= 0.6 is 0 Å². The van der Waals surface area contributed by atoms with Gasteiger partial charge in [0.2, 0.25) is 0 Å². The number of anilines is 2. The predicted molar refractivity (Wildman–Crippen MR) is 137 cm³/mol. The van der Waals surface area contributed by atoms with Gasteiger partial charge in [-0.2, -0.15) is 0 Å². The van der Waals surface area contributed by atoms with Gasteiger partial charge in [-0.15, -0.1) is 0 Å². The van der Waals surface area contributed by atoms with Gasteiger partial charge >= 0.3 is 0 Å². The van der Waals surface area contributed by atoms with E-state index in [-0.39, 0.29) is 0 Å². The quantitative estimate of drug-likeness (QED) is 0.280. The molecule has 0 aliphatic rings. The Morgan fingerprint density at radius 1 is 0.406 bits per heavy atom. The molecular weight excluding hydrogens is 386 g/mol. The molecule has 0 amide bonds. The van der Waals surface area contributed by atoms with E-state index in [1.807, 2.05) is 0 Å². The van der Waals surface area contributed by atoms with Crippen molar-refractivity contribution in [2.45, 2.75) is 0 Å². The smallest absolute Gasteiger partial charge is 0.0488 e. The predicted octanol–water partition coefficient (Wildman–Crippen LogP) is 8.46. The molecule has 5 rings (SSSR count). The summed E-state index contributed by atoms with van der Waals surface area (Å²) < 4.78 is 0. The first-order valence-electron chi connectivity index (χ1n) is 10.9. The van der Waals surface area contributed by atoms with E-state index >= 15 is 0 Å². The summed E-state index contributed by atoms with van der Waals surface area (Å²) in [5, 5.41) is 0. The van der Waals surface area contributed by atoms with Crippen LogP contribution in [-0.2, 0) is 0 Å². The van der Waals surface area contributed by atoms with Crippen molar-refractivity contribution in [3.05, 3.63) is 133 Å². The van der Waals surface area contributed by atoms with Crippen LogP contribution in [0.2, 0.25) is 0 Å². The number of hydrogen-bond donors (Lipinski definition) is 0. The van der Waals surface area contributed by atoms with Gasteiger partial charge in [0.25, 0.3) is 0 Å². The molecule has 5 aromatic carbocycles. The van der Waals surface area contributed by atoms with E-state index in [4.69, 9.17) is 0 Å². The molecule has 0 fully saturated rings. The third-order valence-electron chi connectivity index (χ3n) is 5.91. The lowest BCUT2D eigenvalue weighted by Gasteiger charge is -2.24. The molecule has 0 bridgehead atoms. The molecule has 32 heavy (non-hydrogen) atoms. The molecule has 0 unspecified atom stereocenters. The molecule has 0 saturated carbocycles. The molecule has 0 N–H and O–H groups in total. The van der Waals surface area contributed by atoms with Gasteiger partial charge in [0, 0.05) is 24.0 Å². The van der Waals surface area contributed by atoms with Gasteiger partial charge in [-0.05, 0) is 52.1 Å². The van der Waals surface area contributed by atoms with Gasteiger partial charge in [-0.25, -0.2) is 0 Å². The zero-order chi connectivity index (χ0) is 21.8. The van der Waals surface area contributed by atoms with Gasteiger partial charge in [0.1, 0.15) is 0 Å². The number of nitrogens with zero attached hydrogens (tertiary/aromatic N) is 1. The Bertz CT molecular complexity index is 1290. The molecule has 0 spiro atoms. The normalized spacial score (nSPS) is 10.7. The van der Waals surface area contributed by atoms with Crippen molar-refractivity contribution in [1.82, 2.24) is 0 Å². The third kappa shape index (κ3) is 4.06. The fourth-order valence-electron chi connectivity index (χ4n) is 4.13. The maximum atomic E-state index is 2.30. The minimum atomic E-state index is 1.16. The van der Waals surface area contributed by atoms with E-state index in [1.54, 1.807) is 0 Å². The van der Waals surface area contributed by atoms with Crippen molar-refractivity contribution in [2.24, 2.45) is 0 Å². The standard InChI is InChI=1S/C31H25N/c1-32(29-20-17-26(18-21-29)24-11-5-2-6-12-24)31-22-19-28(25-13-7-3-8-14-25)23-30(31)27-15-9-4-10-16-27/h2-23H,1H3. The maximum absolute atomic E-state index is 2.30. The van der Waals surface area contributed by atoms with E-state index in [0.29, 0.717) is 0 Å². The van der Waals surface area contributed by atoms with Crippen LogP contribution < -0.4 is 4.90 Å². The van der Waals surface area contributed by atoms with E-state index in [1.165, 1.54) is 39.1 Å². The highest BCUT2D eigenvalue weighted by atomic mass is 15.1. The summed E-state index contributed by atoms with van der Waals surface area (Å²) in [6, 6.07) is 47.2. The Morgan fingerprint density at radius 3 is 1.41 bits per heavy atom. The number of benzene rings is 5. The highest BCUT2D eigenvalue weighted by Crippen LogP contribution is 2.37. The van der Waals surface area contributed by atoms with Gasteiger partial charge in [0.05, 0.1) is 0 Å². The lowest BCUT2D eigenvalue weighted by molar-refractivity contribution is 1.21. The molecule has 0 saturated heterocycles. The summed E-state index contributed by atoms with van der Waals surface area (Å²) in [5.41, 5.74) is 9.70. The lowest BCUT2D eigenvalue weighted by atomic mass is 9.96. The van der Waals surface area contributed by atoms with Crippen LogP contribution in [0.3, 0.4) is 0 Å². The number of rotatable bonds is 5. The Balaban J connectivity index is 1.55. The summed E-state index contributed by atoms with van der Waals surface area (Å²) in [6.45, 7) is 0. The Labute approximate surface area is 190 Å². The number of hydrogen-bond acceptors (Lipinski definition) is 1. The molecule has 0 heterocycles. The van der Waals surface area contributed by atoms with E-state index < -0.39 is 0 Å². The van der Waals surface area contributed by atoms with E-state index in [2.05, 4.69) is 145 Å². The average molecular weight is 412 g/mol. The van der Waals surface area contributed by atoms with Gasteiger partial charge in [-0.1, -0.05) is 109 Å². The van der Waals surface area contributed by atoms with Crippen LogP contribution in [0.15, 0.2) is 133 Å². The van der Waals surface area contributed by atoms with Crippen molar-refractivity contribution in [3.63, 3.8) is 0 Å². The molecule has 154 valence electrons. The molecule has 1 nitrogen and oxygen atoms in total. The summed E-state index contributed by atoms with van der Waals surface area (Å²) >= 11 is 0. The topological polar surface area (TPSA) is 3.24 Å². The van der Waals surface area contributed by atoms with Crippen LogP contribution in [-0.4, -0.2) is 7.05 Å². The molecular formula is C31H25N. The van der Waals surface area contributed by atoms with Crippen molar-refractivity contribution in [1.29, 1.82) is 0 Å².